The lowest BCUT2D eigenvalue weighted by atomic mass is 10.1. The van der Waals surface area contributed by atoms with Crippen molar-refractivity contribution in [3.05, 3.63) is 17.5 Å². The summed E-state index contributed by atoms with van der Waals surface area (Å²) in [7, 11) is 0. The van der Waals surface area contributed by atoms with Crippen LogP contribution in [0.4, 0.5) is 0 Å². The van der Waals surface area contributed by atoms with E-state index in [1.807, 2.05) is 0 Å². The molecule has 0 amide bonds. The first-order valence-corrected chi connectivity index (χ1v) is 5.52. The molecule has 0 unspecified atom stereocenters. The molecular formula is C11H16N2O3. The van der Waals surface area contributed by atoms with Crippen molar-refractivity contribution in [1.29, 1.82) is 0 Å². The van der Waals surface area contributed by atoms with Crippen LogP contribution in [-0.2, 0) is 11.2 Å². The Morgan fingerprint density at radius 3 is 2.94 bits per heavy atom. The Bertz CT molecular complexity index is 356. The van der Waals surface area contributed by atoms with Crippen LogP contribution >= 0.6 is 0 Å². The van der Waals surface area contributed by atoms with Gasteiger partial charge in [0.2, 0.25) is 0 Å². The topological polar surface area (TPSA) is 55.6 Å². The summed E-state index contributed by atoms with van der Waals surface area (Å²) in [4.78, 5) is 13.5. The lowest BCUT2D eigenvalue weighted by Crippen LogP contribution is -2.37. The summed E-state index contributed by atoms with van der Waals surface area (Å²) in [6.07, 6.45) is 2.23. The SMILES string of the molecule is CC(=O)c1cnoc1CCN1CCOCC1. The number of morpholine rings is 1. The zero-order valence-electron chi connectivity index (χ0n) is 9.44. The molecule has 2 heterocycles. The molecule has 0 bridgehead atoms. The quantitative estimate of drug-likeness (QED) is 0.706. The van der Waals surface area contributed by atoms with E-state index in [1.165, 1.54) is 13.1 Å². The van der Waals surface area contributed by atoms with Crippen LogP contribution in [0, 0.1) is 0 Å². The molecule has 0 atom stereocenters. The highest BCUT2D eigenvalue weighted by Gasteiger charge is 2.15. The van der Waals surface area contributed by atoms with E-state index in [9.17, 15) is 4.79 Å². The van der Waals surface area contributed by atoms with Gasteiger partial charge in [0.1, 0.15) is 5.76 Å². The van der Waals surface area contributed by atoms with Crippen LogP contribution in [-0.4, -0.2) is 48.7 Å². The van der Waals surface area contributed by atoms with Gasteiger partial charge >= 0.3 is 0 Å². The van der Waals surface area contributed by atoms with E-state index < -0.39 is 0 Å². The Balaban J connectivity index is 1.88. The van der Waals surface area contributed by atoms with Gasteiger partial charge in [-0.1, -0.05) is 5.16 Å². The normalized spacial score (nSPS) is 17.6. The first-order valence-electron chi connectivity index (χ1n) is 5.52. The average molecular weight is 224 g/mol. The first kappa shape index (κ1) is 11.3. The van der Waals surface area contributed by atoms with Crippen molar-refractivity contribution in [2.75, 3.05) is 32.8 Å². The number of nitrogens with zero attached hydrogens (tertiary/aromatic N) is 2. The Hall–Kier alpha value is -1.20. The zero-order valence-corrected chi connectivity index (χ0v) is 9.44. The monoisotopic (exact) mass is 224 g/mol. The Morgan fingerprint density at radius 2 is 2.25 bits per heavy atom. The minimum atomic E-state index is 0.0122. The molecule has 16 heavy (non-hydrogen) atoms. The third kappa shape index (κ3) is 2.68. The fraction of sp³-hybridized carbons (Fsp3) is 0.636. The molecule has 5 nitrogen and oxygen atoms in total. The van der Waals surface area contributed by atoms with Crippen LogP contribution in [0.3, 0.4) is 0 Å². The molecule has 0 N–H and O–H groups in total. The summed E-state index contributed by atoms with van der Waals surface area (Å²) in [5.41, 5.74) is 0.605. The van der Waals surface area contributed by atoms with E-state index in [2.05, 4.69) is 10.1 Å². The maximum absolute atomic E-state index is 11.2. The zero-order chi connectivity index (χ0) is 11.4. The summed E-state index contributed by atoms with van der Waals surface area (Å²) >= 11 is 0. The van der Waals surface area contributed by atoms with Gasteiger partial charge in [-0.15, -0.1) is 0 Å². The van der Waals surface area contributed by atoms with Gasteiger partial charge in [0, 0.05) is 26.1 Å². The van der Waals surface area contributed by atoms with Gasteiger partial charge in [-0.2, -0.15) is 0 Å². The third-order valence-corrected chi connectivity index (χ3v) is 2.78. The Labute approximate surface area is 94.3 Å². The molecule has 0 spiro atoms. The van der Waals surface area contributed by atoms with Gasteiger partial charge in [0.05, 0.1) is 25.0 Å². The van der Waals surface area contributed by atoms with E-state index in [-0.39, 0.29) is 5.78 Å². The molecule has 1 aromatic rings. The molecule has 0 aliphatic carbocycles. The van der Waals surface area contributed by atoms with Crippen molar-refractivity contribution >= 4 is 5.78 Å². The smallest absolute Gasteiger partial charge is 0.164 e. The number of carbonyl (C=O) groups excluding carboxylic acids is 1. The Morgan fingerprint density at radius 1 is 1.50 bits per heavy atom. The number of aromatic nitrogens is 1. The summed E-state index contributed by atoms with van der Waals surface area (Å²) in [5, 5.41) is 3.67. The van der Waals surface area contributed by atoms with E-state index >= 15 is 0 Å². The fourth-order valence-electron chi connectivity index (χ4n) is 1.82. The molecule has 1 saturated heterocycles. The van der Waals surface area contributed by atoms with Gasteiger partial charge < -0.3 is 9.26 Å². The fourth-order valence-corrected chi connectivity index (χ4v) is 1.82. The minimum Gasteiger partial charge on any atom is -0.379 e. The van der Waals surface area contributed by atoms with Crippen LogP contribution in [0.25, 0.3) is 0 Å². The lowest BCUT2D eigenvalue weighted by molar-refractivity contribution is 0.0377. The second-order valence-corrected chi connectivity index (χ2v) is 3.92. The number of hydrogen-bond donors (Lipinski definition) is 0. The van der Waals surface area contributed by atoms with Crippen LogP contribution in [0.2, 0.25) is 0 Å². The summed E-state index contributed by atoms with van der Waals surface area (Å²) in [5.74, 6) is 0.706. The van der Waals surface area contributed by atoms with Gasteiger partial charge in [-0.3, -0.25) is 9.69 Å². The number of ketones is 1. The molecule has 0 radical (unpaired) electrons. The molecule has 0 aromatic carbocycles. The maximum atomic E-state index is 11.2. The van der Waals surface area contributed by atoms with Crippen LogP contribution in [0.1, 0.15) is 23.0 Å². The van der Waals surface area contributed by atoms with E-state index in [0.29, 0.717) is 11.3 Å². The van der Waals surface area contributed by atoms with E-state index in [4.69, 9.17) is 9.26 Å². The minimum absolute atomic E-state index is 0.0122. The average Bonchev–Trinajstić information content (AvgIpc) is 2.76. The largest absolute Gasteiger partial charge is 0.379 e. The van der Waals surface area contributed by atoms with E-state index in [0.717, 1.165) is 39.3 Å². The molecule has 5 heteroatoms. The van der Waals surface area contributed by atoms with Gasteiger partial charge in [-0.05, 0) is 6.92 Å². The lowest BCUT2D eigenvalue weighted by Gasteiger charge is -2.26. The Kier molecular flexibility index (Phi) is 3.69. The maximum Gasteiger partial charge on any atom is 0.164 e. The molecule has 1 aromatic heterocycles. The number of Topliss-reactive ketones (excluding diaryl/α,β-unsaturated/α-hetero) is 1. The van der Waals surface area contributed by atoms with Crippen LogP contribution < -0.4 is 0 Å². The van der Waals surface area contributed by atoms with Crippen molar-refractivity contribution in [3.8, 4) is 0 Å². The number of carbonyl (C=O) groups is 1. The predicted molar refractivity (Wildman–Crippen MR) is 57.5 cm³/mol. The van der Waals surface area contributed by atoms with Gasteiger partial charge in [-0.25, -0.2) is 0 Å². The molecule has 0 saturated carbocycles. The van der Waals surface area contributed by atoms with Crippen LogP contribution in [0.5, 0.6) is 0 Å². The van der Waals surface area contributed by atoms with Crippen molar-refractivity contribution in [2.24, 2.45) is 0 Å². The number of hydrogen-bond acceptors (Lipinski definition) is 5. The van der Waals surface area contributed by atoms with Gasteiger partial charge in [0.15, 0.2) is 5.78 Å². The van der Waals surface area contributed by atoms with E-state index in [1.54, 1.807) is 0 Å². The molecular weight excluding hydrogens is 208 g/mol. The van der Waals surface area contributed by atoms with Crippen molar-refractivity contribution in [1.82, 2.24) is 10.1 Å². The first-order chi connectivity index (χ1) is 7.77. The summed E-state index contributed by atoms with van der Waals surface area (Å²) in [6, 6.07) is 0. The molecule has 1 aliphatic heterocycles. The standard InChI is InChI=1S/C11H16N2O3/c1-9(14)10-8-12-16-11(10)2-3-13-4-6-15-7-5-13/h8H,2-7H2,1H3. The number of rotatable bonds is 4. The summed E-state index contributed by atoms with van der Waals surface area (Å²) < 4.78 is 10.4. The highest BCUT2D eigenvalue weighted by molar-refractivity contribution is 5.94. The van der Waals surface area contributed by atoms with Gasteiger partial charge in [0.25, 0.3) is 0 Å². The molecule has 1 fully saturated rings. The second-order valence-electron chi connectivity index (χ2n) is 3.92. The van der Waals surface area contributed by atoms with Crippen molar-refractivity contribution < 1.29 is 14.1 Å². The third-order valence-electron chi connectivity index (χ3n) is 2.78. The molecule has 2 rings (SSSR count). The highest BCUT2D eigenvalue weighted by Crippen LogP contribution is 2.10. The van der Waals surface area contributed by atoms with Crippen molar-refractivity contribution in [3.63, 3.8) is 0 Å². The second kappa shape index (κ2) is 5.23. The van der Waals surface area contributed by atoms with Crippen molar-refractivity contribution in [2.45, 2.75) is 13.3 Å². The highest BCUT2D eigenvalue weighted by atomic mass is 16.5. The predicted octanol–water partition coefficient (Wildman–Crippen LogP) is 0.752. The number of ether oxygens (including phenoxy) is 1. The van der Waals surface area contributed by atoms with Crippen LogP contribution in [0.15, 0.2) is 10.7 Å². The summed E-state index contributed by atoms with van der Waals surface area (Å²) in [6.45, 7) is 5.89. The molecule has 1 aliphatic rings. The molecule has 88 valence electrons.